The lowest BCUT2D eigenvalue weighted by Gasteiger charge is -2.30. The fraction of sp³-hybridized carbons (Fsp3) is 0.520. The normalized spacial score (nSPS) is 20.0. The smallest absolute Gasteiger partial charge is 0.130 e. The van der Waals surface area contributed by atoms with Crippen molar-refractivity contribution in [1.29, 1.82) is 0 Å². The maximum absolute atomic E-state index is 9.87. The van der Waals surface area contributed by atoms with Crippen LogP contribution in [0.25, 0.3) is 11.1 Å². The van der Waals surface area contributed by atoms with Crippen molar-refractivity contribution in [2.45, 2.75) is 44.4 Å². The number of likely N-dealkylation sites (tertiary alicyclic amines) is 1. The molecule has 4 rings (SSSR count). The number of benzene rings is 2. The van der Waals surface area contributed by atoms with E-state index < -0.39 is 0 Å². The van der Waals surface area contributed by atoms with Crippen LogP contribution in [0.4, 0.5) is 0 Å². The first-order chi connectivity index (χ1) is 15.2. The third-order valence-electron chi connectivity index (χ3n) is 6.18. The average Bonchev–Trinajstić information content (AvgIpc) is 3.33. The summed E-state index contributed by atoms with van der Waals surface area (Å²) in [6.07, 6.45) is 3.76. The highest BCUT2D eigenvalue weighted by Gasteiger charge is 2.21. The highest BCUT2D eigenvalue weighted by molar-refractivity contribution is 5.78. The number of rotatable bonds is 8. The molecule has 0 amide bonds. The highest BCUT2D eigenvalue weighted by Crippen LogP contribution is 2.40. The van der Waals surface area contributed by atoms with Gasteiger partial charge in [0.1, 0.15) is 23.9 Å². The molecule has 0 aromatic heterocycles. The van der Waals surface area contributed by atoms with Gasteiger partial charge in [-0.1, -0.05) is 12.1 Å². The summed E-state index contributed by atoms with van der Waals surface area (Å²) in [6.45, 7) is 3.94. The van der Waals surface area contributed by atoms with Crippen LogP contribution in [0.3, 0.4) is 0 Å². The van der Waals surface area contributed by atoms with E-state index >= 15 is 0 Å². The van der Waals surface area contributed by atoms with E-state index in [2.05, 4.69) is 17.0 Å². The molecule has 1 atom stereocenters. The van der Waals surface area contributed by atoms with Crippen molar-refractivity contribution >= 4 is 0 Å². The summed E-state index contributed by atoms with van der Waals surface area (Å²) in [4.78, 5) is 2.38. The molecule has 2 aromatic rings. The molecule has 1 N–H and O–H groups in total. The van der Waals surface area contributed by atoms with E-state index in [9.17, 15) is 5.11 Å². The lowest BCUT2D eigenvalue weighted by molar-refractivity contribution is 0.0655. The Hall–Kier alpha value is -2.28. The van der Waals surface area contributed by atoms with Crippen LogP contribution >= 0.6 is 0 Å². The molecule has 6 heteroatoms. The minimum atomic E-state index is -0.185. The van der Waals surface area contributed by atoms with E-state index in [1.807, 2.05) is 24.3 Å². The zero-order valence-corrected chi connectivity index (χ0v) is 18.5. The Morgan fingerprint density at radius 3 is 2.39 bits per heavy atom. The van der Waals surface area contributed by atoms with E-state index in [1.165, 1.54) is 0 Å². The van der Waals surface area contributed by atoms with Crippen LogP contribution < -0.4 is 14.2 Å². The number of piperidine rings is 1. The first-order valence-electron chi connectivity index (χ1n) is 11.2. The van der Waals surface area contributed by atoms with Gasteiger partial charge in [0.05, 0.1) is 32.0 Å². The minimum absolute atomic E-state index is 0.173. The standard InChI is InChI=1S/C25H33NO5/c1-28-23-6-3-7-24(29-2)25(23)18-8-9-22(31-17-21-5-4-14-30-21)19(15-18)16-26-12-10-20(27)11-13-26/h3,6-9,15,20-21,27H,4-5,10-14,16-17H2,1-2H3. The molecule has 0 aliphatic carbocycles. The Kier molecular flexibility index (Phi) is 7.33. The first-order valence-corrected chi connectivity index (χ1v) is 11.2. The Balaban J connectivity index is 1.63. The molecule has 6 nitrogen and oxygen atoms in total. The molecule has 31 heavy (non-hydrogen) atoms. The van der Waals surface area contributed by atoms with Gasteiger partial charge in [-0.2, -0.15) is 0 Å². The SMILES string of the molecule is COc1cccc(OC)c1-c1ccc(OCC2CCCO2)c(CN2CCC(O)CC2)c1. The predicted octanol–water partition coefficient (Wildman–Crippen LogP) is 3.89. The average molecular weight is 428 g/mol. The number of nitrogens with zero attached hydrogens (tertiary/aromatic N) is 1. The number of aliphatic hydroxyl groups excluding tert-OH is 1. The quantitative estimate of drug-likeness (QED) is 0.690. The third kappa shape index (κ3) is 5.32. The number of aliphatic hydroxyl groups is 1. The Morgan fingerprint density at radius 2 is 1.74 bits per heavy atom. The molecule has 1 unspecified atom stereocenters. The molecule has 0 spiro atoms. The van der Waals surface area contributed by atoms with Gasteiger partial charge >= 0.3 is 0 Å². The van der Waals surface area contributed by atoms with E-state index in [0.29, 0.717) is 6.61 Å². The summed E-state index contributed by atoms with van der Waals surface area (Å²) in [5.41, 5.74) is 3.10. The largest absolute Gasteiger partial charge is 0.496 e. The van der Waals surface area contributed by atoms with Gasteiger partial charge < -0.3 is 24.1 Å². The summed E-state index contributed by atoms with van der Waals surface area (Å²) >= 11 is 0. The molecule has 2 aliphatic heterocycles. The van der Waals surface area contributed by atoms with Crippen LogP contribution in [0.2, 0.25) is 0 Å². The molecule has 0 radical (unpaired) electrons. The lowest BCUT2D eigenvalue weighted by Crippen LogP contribution is -2.35. The second kappa shape index (κ2) is 10.4. The Morgan fingerprint density at radius 1 is 1.00 bits per heavy atom. The van der Waals surface area contributed by atoms with Gasteiger partial charge in [0.2, 0.25) is 0 Å². The van der Waals surface area contributed by atoms with Crippen LogP contribution in [0.5, 0.6) is 17.2 Å². The van der Waals surface area contributed by atoms with Crippen molar-refractivity contribution in [2.24, 2.45) is 0 Å². The van der Waals surface area contributed by atoms with E-state index in [1.54, 1.807) is 14.2 Å². The summed E-state index contributed by atoms with van der Waals surface area (Å²) in [6, 6.07) is 12.1. The van der Waals surface area contributed by atoms with Gasteiger partial charge in [-0.05, 0) is 55.5 Å². The molecular formula is C25H33NO5. The predicted molar refractivity (Wildman–Crippen MR) is 120 cm³/mol. The zero-order valence-electron chi connectivity index (χ0n) is 18.5. The maximum atomic E-state index is 9.87. The van der Waals surface area contributed by atoms with E-state index in [-0.39, 0.29) is 12.2 Å². The fourth-order valence-corrected chi connectivity index (χ4v) is 4.41. The van der Waals surface area contributed by atoms with Gasteiger partial charge in [-0.15, -0.1) is 0 Å². The molecule has 0 bridgehead atoms. The second-order valence-electron chi connectivity index (χ2n) is 8.31. The van der Waals surface area contributed by atoms with Gasteiger partial charge in [-0.25, -0.2) is 0 Å². The molecule has 2 aromatic carbocycles. The number of hydrogen-bond acceptors (Lipinski definition) is 6. The summed E-state index contributed by atoms with van der Waals surface area (Å²) in [5, 5.41) is 9.87. The van der Waals surface area contributed by atoms with Crippen molar-refractivity contribution < 1.29 is 24.1 Å². The molecule has 2 fully saturated rings. The van der Waals surface area contributed by atoms with Crippen molar-refractivity contribution in [3.05, 3.63) is 42.0 Å². The number of ether oxygens (including phenoxy) is 4. The van der Waals surface area contributed by atoms with E-state index in [4.69, 9.17) is 18.9 Å². The van der Waals surface area contributed by atoms with Crippen molar-refractivity contribution in [3.63, 3.8) is 0 Å². The molecular weight excluding hydrogens is 394 g/mol. The summed E-state index contributed by atoms with van der Waals surface area (Å²) in [7, 11) is 3.36. The molecule has 0 saturated carbocycles. The molecule has 2 saturated heterocycles. The number of hydrogen-bond donors (Lipinski definition) is 1. The van der Waals surface area contributed by atoms with Crippen LogP contribution in [0, 0.1) is 0 Å². The van der Waals surface area contributed by atoms with Crippen LogP contribution in [-0.4, -0.2) is 62.7 Å². The van der Waals surface area contributed by atoms with Gasteiger partial charge in [-0.3, -0.25) is 4.90 Å². The second-order valence-corrected chi connectivity index (χ2v) is 8.31. The fourth-order valence-electron chi connectivity index (χ4n) is 4.41. The monoisotopic (exact) mass is 427 g/mol. The van der Waals surface area contributed by atoms with Gasteiger partial charge in [0.15, 0.2) is 0 Å². The minimum Gasteiger partial charge on any atom is -0.496 e. The molecule has 2 aliphatic rings. The van der Waals surface area contributed by atoms with Gasteiger partial charge in [0.25, 0.3) is 0 Å². The Labute approximate surface area is 184 Å². The Bertz CT molecular complexity index is 835. The van der Waals surface area contributed by atoms with Crippen molar-refractivity contribution in [2.75, 3.05) is 40.5 Å². The topological polar surface area (TPSA) is 60.4 Å². The van der Waals surface area contributed by atoms with Gasteiger partial charge in [0, 0.05) is 31.8 Å². The summed E-state index contributed by atoms with van der Waals surface area (Å²) in [5.74, 6) is 2.44. The lowest BCUT2D eigenvalue weighted by atomic mass is 9.99. The van der Waals surface area contributed by atoms with Crippen LogP contribution in [-0.2, 0) is 11.3 Å². The van der Waals surface area contributed by atoms with Crippen LogP contribution in [0.1, 0.15) is 31.2 Å². The third-order valence-corrected chi connectivity index (χ3v) is 6.18. The van der Waals surface area contributed by atoms with Crippen molar-refractivity contribution in [1.82, 2.24) is 4.90 Å². The van der Waals surface area contributed by atoms with Crippen LogP contribution in [0.15, 0.2) is 36.4 Å². The van der Waals surface area contributed by atoms with E-state index in [0.717, 1.165) is 85.9 Å². The summed E-state index contributed by atoms with van der Waals surface area (Å²) < 4.78 is 23.2. The zero-order chi connectivity index (χ0) is 21.6. The maximum Gasteiger partial charge on any atom is 0.130 e. The highest BCUT2D eigenvalue weighted by atomic mass is 16.5. The molecule has 168 valence electrons. The first kappa shape index (κ1) is 21.9. The molecule has 2 heterocycles. The van der Waals surface area contributed by atoms with Crippen molar-refractivity contribution in [3.8, 4) is 28.4 Å². The number of methoxy groups -OCH3 is 2.